The van der Waals surface area contributed by atoms with Crippen LogP contribution in [-0.2, 0) is 0 Å². The summed E-state index contributed by atoms with van der Waals surface area (Å²) >= 11 is 6.31. The summed E-state index contributed by atoms with van der Waals surface area (Å²) in [4.78, 5) is 12.6. The summed E-state index contributed by atoms with van der Waals surface area (Å²) in [5, 5.41) is 3.42. The van der Waals surface area contributed by atoms with Gasteiger partial charge in [-0.2, -0.15) is 0 Å². The number of halogens is 2. The van der Waals surface area contributed by atoms with Crippen LogP contribution in [0.2, 0.25) is 5.02 Å². The van der Waals surface area contributed by atoms with Crippen molar-refractivity contribution in [1.82, 2.24) is 5.32 Å². The fourth-order valence-electron chi connectivity index (χ4n) is 2.68. The summed E-state index contributed by atoms with van der Waals surface area (Å²) in [5.74, 6) is 1.19. The summed E-state index contributed by atoms with van der Waals surface area (Å²) in [6.07, 6.45) is 4.15. The number of hydrogen-bond acceptors (Lipinski definition) is 4. The average molecular weight is 391 g/mol. The quantitative estimate of drug-likeness (QED) is 0.628. The lowest BCUT2D eigenvalue weighted by atomic mass is 9.95. The number of hydrogen-bond donors (Lipinski definition) is 2. The number of carbonyl (C=O) groups is 1. The van der Waals surface area contributed by atoms with E-state index >= 15 is 0 Å². The largest absolute Gasteiger partial charge is 0.493 e. The van der Waals surface area contributed by atoms with E-state index in [2.05, 4.69) is 12.2 Å². The van der Waals surface area contributed by atoms with Gasteiger partial charge in [-0.15, -0.1) is 12.4 Å². The van der Waals surface area contributed by atoms with Crippen LogP contribution in [0, 0.1) is 5.92 Å². The van der Waals surface area contributed by atoms with Gasteiger partial charge in [0.15, 0.2) is 11.5 Å². The maximum atomic E-state index is 12.6. The van der Waals surface area contributed by atoms with Crippen LogP contribution >= 0.6 is 24.0 Å². The van der Waals surface area contributed by atoms with Gasteiger partial charge in [-0.25, -0.2) is 0 Å². The van der Waals surface area contributed by atoms with Crippen molar-refractivity contribution in [2.24, 2.45) is 11.7 Å². The van der Waals surface area contributed by atoms with Crippen molar-refractivity contribution in [2.45, 2.75) is 45.1 Å². The number of nitrogens with two attached hydrogens (primary N) is 1. The SMILES string of the molecule is CCCCOc1c(Cl)cc(C(=O)NC(C)(CN)C2CC2)cc1OC.Cl. The molecule has 1 aromatic rings. The highest BCUT2D eigenvalue weighted by Crippen LogP contribution is 2.40. The molecule has 1 aromatic carbocycles. The summed E-state index contributed by atoms with van der Waals surface area (Å²) in [7, 11) is 1.54. The highest BCUT2D eigenvalue weighted by molar-refractivity contribution is 6.32. The first-order valence-corrected chi connectivity index (χ1v) is 8.86. The summed E-state index contributed by atoms with van der Waals surface area (Å²) in [6.45, 7) is 5.05. The number of methoxy groups -OCH3 is 1. The second-order valence-electron chi connectivity index (χ2n) is 6.54. The van der Waals surface area contributed by atoms with Crippen molar-refractivity contribution in [3.8, 4) is 11.5 Å². The molecule has 0 spiro atoms. The zero-order chi connectivity index (χ0) is 17.7. The van der Waals surface area contributed by atoms with Gasteiger partial charge in [-0.05, 0) is 44.2 Å². The van der Waals surface area contributed by atoms with Gasteiger partial charge in [0, 0.05) is 12.1 Å². The van der Waals surface area contributed by atoms with E-state index in [0.717, 1.165) is 25.7 Å². The minimum Gasteiger partial charge on any atom is -0.493 e. The number of rotatable bonds is 9. The van der Waals surface area contributed by atoms with E-state index in [9.17, 15) is 4.79 Å². The van der Waals surface area contributed by atoms with Gasteiger partial charge >= 0.3 is 0 Å². The third-order valence-corrected chi connectivity index (χ3v) is 4.82. The van der Waals surface area contributed by atoms with Gasteiger partial charge in [0.25, 0.3) is 5.91 Å². The van der Waals surface area contributed by atoms with E-state index in [1.807, 2.05) is 6.92 Å². The molecule has 1 unspecified atom stereocenters. The Labute approximate surface area is 161 Å². The molecule has 2 rings (SSSR count). The summed E-state index contributed by atoms with van der Waals surface area (Å²) in [5.41, 5.74) is 5.93. The number of benzene rings is 1. The topological polar surface area (TPSA) is 73.6 Å². The molecule has 0 saturated heterocycles. The van der Waals surface area contributed by atoms with Gasteiger partial charge < -0.3 is 20.5 Å². The fourth-order valence-corrected chi connectivity index (χ4v) is 2.95. The highest BCUT2D eigenvalue weighted by atomic mass is 35.5. The number of amides is 1. The Balaban J connectivity index is 0.00000312. The fraction of sp³-hybridized carbons (Fsp3) is 0.611. The Morgan fingerprint density at radius 2 is 2.12 bits per heavy atom. The maximum Gasteiger partial charge on any atom is 0.251 e. The van der Waals surface area contributed by atoms with Crippen LogP contribution in [0.5, 0.6) is 11.5 Å². The predicted molar refractivity (Wildman–Crippen MR) is 103 cm³/mol. The Morgan fingerprint density at radius 3 is 2.64 bits per heavy atom. The van der Waals surface area contributed by atoms with Gasteiger partial charge in [0.2, 0.25) is 0 Å². The third-order valence-electron chi connectivity index (χ3n) is 4.54. The molecule has 0 heterocycles. The molecule has 25 heavy (non-hydrogen) atoms. The molecule has 1 fully saturated rings. The third kappa shape index (κ3) is 5.40. The molecule has 142 valence electrons. The normalized spacial score (nSPS) is 15.7. The van der Waals surface area contributed by atoms with E-state index in [1.165, 1.54) is 7.11 Å². The molecule has 1 saturated carbocycles. The first-order valence-electron chi connectivity index (χ1n) is 8.48. The first-order chi connectivity index (χ1) is 11.4. The van der Waals surface area contributed by atoms with Crippen molar-refractivity contribution < 1.29 is 14.3 Å². The average Bonchev–Trinajstić information content (AvgIpc) is 3.41. The standard InChI is InChI=1S/C18H27ClN2O3.ClH/c1-4-5-8-24-16-14(19)9-12(10-15(16)23-3)17(22)21-18(2,11-20)13-6-7-13;/h9-10,13H,4-8,11,20H2,1-3H3,(H,21,22);1H. The molecule has 1 aliphatic carbocycles. The Hall–Kier alpha value is -1.17. The molecule has 0 aliphatic heterocycles. The first kappa shape index (κ1) is 21.9. The second-order valence-corrected chi connectivity index (χ2v) is 6.95. The lowest BCUT2D eigenvalue weighted by Gasteiger charge is -2.29. The van der Waals surface area contributed by atoms with E-state index in [0.29, 0.717) is 41.2 Å². The van der Waals surface area contributed by atoms with Crippen LogP contribution in [0.25, 0.3) is 0 Å². The molecule has 7 heteroatoms. The zero-order valence-corrected chi connectivity index (χ0v) is 16.6. The number of unbranched alkanes of at least 4 members (excludes halogenated alkanes) is 1. The van der Waals surface area contributed by atoms with E-state index < -0.39 is 0 Å². The molecule has 3 N–H and O–H groups in total. The number of nitrogens with one attached hydrogen (secondary N) is 1. The van der Waals surface area contributed by atoms with E-state index in [1.54, 1.807) is 12.1 Å². The van der Waals surface area contributed by atoms with Gasteiger partial charge in [-0.3, -0.25) is 4.79 Å². The maximum absolute atomic E-state index is 12.6. The zero-order valence-electron chi connectivity index (χ0n) is 15.1. The molecule has 1 atom stereocenters. The monoisotopic (exact) mass is 390 g/mol. The van der Waals surface area contributed by atoms with Crippen molar-refractivity contribution in [3.63, 3.8) is 0 Å². The minimum absolute atomic E-state index is 0. The molecular formula is C18H28Cl2N2O3. The van der Waals surface area contributed by atoms with Gasteiger partial charge in [0.05, 0.1) is 24.3 Å². The molecule has 0 radical (unpaired) electrons. The van der Waals surface area contributed by atoms with Crippen LogP contribution in [-0.4, -0.2) is 31.7 Å². The van der Waals surface area contributed by atoms with E-state index in [-0.39, 0.29) is 23.9 Å². The summed E-state index contributed by atoms with van der Waals surface area (Å²) in [6, 6.07) is 3.27. The van der Waals surface area contributed by atoms with Crippen molar-refractivity contribution in [1.29, 1.82) is 0 Å². The Morgan fingerprint density at radius 1 is 1.44 bits per heavy atom. The van der Waals surface area contributed by atoms with Crippen molar-refractivity contribution in [3.05, 3.63) is 22.7 Å². The Bertz CT molecular complexity index is 594. The molecule has 0 aromatic heterocycles. The molecule has 5 nitrogen and oxygen atoms in total. The molecule has 0 bridgehead atoms. The lowest BCUT2D eigenvalue weighted by molar-refractivity contribution is 0.0897. The minimum atomic E-state index is -0.382. The van der Waals surface area contributed by atoms with Crippen LogP contribution in [0.4, 0.5) is 0 Å². The van der Waals surface area contributed by atoms with Crippen LogP contribution in [0.3, 0.4) is 0 Å². The smallest absolute Gasteiger partial charge is 0.251 e. The molecular weight excluding hydrogens is 363 g/mol. The van der Waals surface area contributed by atoms with Gasteiger partial charge in [0.1, 0.15) is 0 Å². The highest BCUT2D eigenvalue weighted by Gasteiger charge is 2.41. The van der Waals surface area contributed by atoms with Crippen LogP contribution in [0.1, 0.15) is 49.9 Å². The summed E-state index contributed by atoms with van der Waals surface area (Å²) < 4.78 is 11.0. The van der Waals surface area contributed by atoms with Crippen LogP contribution in [0.15, 0.2) is 12.1 Å². The lowest BCUT2D eigenvalue weighted by Crippen LogP contribution is -2.53. The molecule has 1 amide bonds. The predicted octanol–water partition coefficient (Wildman–Crippen LogP) is 3.81. The van der Waals surface area contributed by atoms with Crippen LogP contribution < -0.4 is 20.5 Å². The van der Waals surface area contributed by atoms with Crippen molar-refractivity contribution >= 4 is 29.9 Å². The number of carbonyl (C=O) groups excluding carboxylic acids is 1. The Kier molecular flexibility index (Phi) is 8.32. The second kappa shape index (κ2) is 9.51. The molecule has 1 aliphatic rings. The van der Waals surface area contributed by atoms with E-state index in [4.69, 9.17) is 26.8 Å². The number of ether oxygens (including phenoxy) is 2. The van der Waals surface area contributed by atoms with Crippen molar-refractivity contribution in [2.75, 3.05) is 20.3 Å². The van der Waals surface area contributed by atoms with Gasteiger partial charge in [-0.1, -0.05) is 24.9 Å².